The van der Waals surface area contributed by atoms with E-state index >= 15 is 0 Å². The number of nitrogens with one attached hydrogen (secondary N) is 2. The SMILES string of the molecule is CCCCCN(C(=O)NCCC)C1CCN(Cc2ccc(Oc3ccc(NS(C)(=O)=O)cc3)cc2)CC1.Cl. The van der Waals surface area contributed by atoms with Crippen LogP contribution in [0, 0.1) is 0 Å². The van der Waals surface area contributed by atoms with E-state index in [0.717, 1.165) is 83.3 Å². The lowest BCUT2D eigenvalue weighted by molar-refractivity contribution is 0.116. The van der Waals surface area contributed by atoms with Gasteiger partial charge in [0.1, 0.15) is 11.5 Å². The number of carbonyl (C=O) groups excluding carboxylic acids is 1. The zero-order valence-electron chi connectivity index (χ0n) is 22.8. The van der Waals surface area contributed by atoms with Gasteiger partial charge in [-0.25, -0.2) is 13.2 Å². The van der Waals surface area contributed by atoms with Gasteiger partial charge in [-0.05, 0) is 67.6 Å². The van der Waals surface area contributed by atoms with Crippen molar-refractivity contribution in [1.82, 2.24) is 15.1 Å². The monoisotopic (exact) mass is 566 g/mol. The number of ether oxygens (including phenoxy) is 1. The maximum atomic E-state index is 12.8. The summed E-state index contributed by atoms with van der Waals surface area (Å²) in [5, 5.41) is 3.08. The molecule has 1 aliphatic heterocycles. The molecule has 38 heavy (non-hydrogen) atoms. The van der Waals surface area contributed by atoms with Crippen molar-refractivity contribution in [2.24, 2.45) is 0 Å². The van der Waals surface area contributed by atoms with Gasteiger partial charge in [0, 0.05) is 44.5 Å². The summed E-state index contributed by atoms with van der Waals surface area (Å²) in [7, 11) is -3.30. The first-order chi connectivity index (χ1) is 17.8. The average Bonchev–Trinajstić information content (AvgIpc) is 2.87. The number of amides is 2. The lowest BCUT2D eigenvalue weighted by Crippen LogP contribution is -2.51. The van der Waals surface area contributed by atoms with Crippen LogP contribution < -0.4 is 14.8 Å². The Kier molecular flexibility index (Phi) is 13.2. The predicted molar refractivity (Wildman–Crippen MR) is 157 cm³/mol. The number of rotatable bonds is 13. The first-order valence-electron chi connectivity index (χ1n) is 13.4. The third-order valence-corrected chi connectivity index (χ3v) is 7.12. The van der Waals surface area contributed by atoms with Gasteiger partial charge < -0.3 is 15.0 Å². The number of sulfonamides is 1. The van der Waals surface area contributed by atoms with Gasteiger partial charge in [-0.15, -0.1) is 12.4 Å². The molecule has 0 aromatic heterocycles. The van der Waals surface area contributed by atoms with Crippen molar-refractivity contribution in [2.75, 3.05) is 37.2 Å². The number of unbranched alkanes of at least 4 members (excludes halogenated alkanes) is 2. The highest BCUT2D eigenvalue weighted by Gasteiger charge is 2.27. The lowest BCUT2D eigenvalue weighted by atomic mass is 10.0. The Morgan fingerprint density at radius 1 is 0.974 bits per heavy atom. The van der Waals surface area contributed by atoms with E-state index < -0.39 is 10.0 Å². The van der Waals surface area contributed by atoms with E-state index in [1.807, 2.05) is 12.1 Å². The Hall–Kier alpha value is -2.49. The summed E-state index contributed by atoms with van der Waals surface area (Å²) in [6.07, 6.45) is 7.44. The molecule has 0 bridgehead atoms. The van der Waals surface area contributed by atoms with Crippen molar-refractivity contribution in [1.29, 1.82) is 0 Å². The van der Waals surface area contributed by atoms with E-state index in [1.54, 1.807) is 24.3 Å². The third-order valence-electron chi connectivity index (χ3n) is 6.51. The van der Waals surface area contributed by atoms with Gasteiger partial charge in [-0.1, -0.05) is 38.8 Å². The standard InChI is InChI=1S/C28H42N4O4S.ClH/c1-4-6-7-19-32(28(33)29-18-5-2)25-16-20-31(21-17-25)22-23-8-12-26(13-9-23)36-27-14-10-24(11-15-27)30-37(3,34)35;/h8-15,25,30H,4-7,16-22H2,1-3H3,(H,29,33);1H. The van der Waals surface area contributed by atoms with Crippen LogP contribution in [0.15, 0.2) is 48.5 Å². The molecule has 0 saturated carbocycles. The van der Waals surface area contributed by atoms with E-state index in [4.69, 9.17) is 4.74 Å². The topological polar surface area (TPSA) is 91.0 Å². The second kappa shape index (κ2) is 15.8. The fourth-order valence-corrected chi connectivity index (χ4v) is 5.13. The summed E-state index contributed by atoms with van der Waals surface area (Å²) in [5.74, 6) is 1.37. The molecule has 0 atom stereocenters. The van der Waals surface area contributed by atoms with Crippen molar-refractivity contribution in [2.45, 2.75) is 65.0 Å². The van der Waals surface area contributed by atoms with Crippen molar-refractivity contribution in [3.63, 3.8) is 0 Å². The van der Waals surface area contributed by atoms with E-state index in [0.29, 0.717) is 17.5 Å². The molecule has 1 fully saturated rings. The molecule has 3 rings (SSSR count). The Bertz CT molecular complexity index is 1070. The fraction of sp³-hybridized carbons (Fsp3) is 0.536. The number of nitrogens with zero attached hydrogens (tertiary/aromatic N) is 2. The summed E-state index contributed by atoms with van der Waals surface area (Å²) in [6, 6.07) is 15.3. The van der Waals surface area contributed by atoms with Gasteiger partial charge in [0.25, 0.3) is 0 Å². The van der Waals surface area contributed by atoms with Crippen LogP contribution in [-0.2, 0) is 16.6 Å². The second-order valence-corrected chi connectivity index (χ2v) is 11.5. The van der Waals surface area contributed by atoms with Crippen LogP contribution >= 0.6 is 12.4 Å². The van der Waals surface area contributed by atoms with E-state index in [-0.39, 0.29) is 18.4 Å². The van der Waals surface area contributed by atoms with Gasteiger partial charge in [-0.3, -0.25) is 9.62 Å². The number of hydrogen-bond donors (Lipinski definition) is 2. The predicted octanol–water partition coefficient (Wildman–Crippen LogP) is 5.85. The molecule has 1 saturated heterocycles. The second-order valence-electron chi connectivity index (χ2n) is 9.78. The summed E-state index contributed by atoms with van der Waals surface area (Å²) in [5.41, 5.74) is 1.72. The largest absolute Gasteiger partial charge is 0.457 e. The molecule has 2 amide bonds. The van der Waals surface area contributed by atoms with Crippen LogP contribution in [0.2, 0.25) is 0 Å². The highest BCUT2D eigenvalue weighted by molar-refractivity contribution is 7.92. The summed E-state index contributed by atoms with van der Waals surface area (Å²) >= 11 is 0. The minimum Gasteiger partial charge on any atom is -0.457 e. The first kappa shape index (κ1) is 31.7. The molecule has 1 aliphatic rings. The van der Waals surface area contributed by atoms with Crippen LogP contribution in [0.1, 0.15) is 57.9 Å². The maximum absolute atomic E-state index is 12.8. The fourth-order valence-electron chi connectivity index (χ4n) is 4.57. The molecule has 212 valence electrons. The van der Waals surface area contributed by atoms with Crippen LogP contribution in [0.3, 0.4) is 0 Å². The lowest BCUT2D eigenvalue weighted by Gasteiger charge is -2.38. The highest BCUT2D eigenvalue weighted by atomic mass is 35.5. The number of urea groups is 1. The Balaban J connectivity index is 0.00000507. The Morgan fingerprint density at radius 3 is 2.13 bits per heavy atom. The van der Waals surface area contributed by atoms with Crippen LogP contribution in [0.4, 0.5) is 10.5 Å². The zero-order valence-corrected chi connectivity index (χ0v) is 24.5. The Labute approximate surface area is 234 Å². The van der Waals surface area contributed by atoms with Gasteiger partial charge in [-0.2, -0.15) is 0 Å². The molecule has 2 N–H and O–H groups in total. The summed E-state index contributed by atoms with van der Waals surface area (Å²) < 4.78 is 31.0. The number of carbonyl (C=O) groups is 1. The van der Waals surface area contributed by atoms with Gasteiger partial charge in [0.2, 0.25) is 10.0 Å². The van der Waals surface area contributed by atoms with E-state index in [9.17, 15) is 13.2 Å². The zero-order chi connectivity index (χ0) is 26.7. The van der Waals surface area contributed by atoms with E-state index in [2.05, 4.69) is 45.8 Å². The molecule has 1 heterocycles. The van der Waals surface area contributed by atoms with Crippen LogP contribution in [-0.4, -0.2) is 62.7 Å². The van der Waals surface area contributed by atoms with Crippen LogP contribution in [0.5, 0.6) is 11.5 Å². The molecule has 8 nitrogen and oxygen atoms in total. The number of piperidine rings is 1. The van der Waals surface area contributed by atoms with Crippen molar-refractivity contribution < 1.29 is 17.9 Å². The molecule has 0 radical (unpaired) electrons. The Morgan fingerprint density at radius 2 is 1.58 bits per heavy atom. The molecule has 0 unspecified atom stereocenters. The van der Waals surface area contributed by atoms with Crippen molar-refractivity contribution in [3.05, 3.63) is 54.1 Å². The number of anilines is 1. The van der Waals surface area contributed by atoms with Gasteiger partial charge in [0.15, 0.2) is 0 Å². The molecule has 0 aliphatic carbocycles. The third kappa shape index (κ3) is 10.7. The molecule has 2 aromatic rings. The normalized spacial score (nSPS) is 14.4. The summed E-state index contributed by atoms with van der Waals surface area (Å²) in [6.45, 7) is 8.66. The van der Waals surface area contributed by atoms with Gasteiger partial charge >= 0.3 is 6.03 Å². The van der Waals surface area contributed by atoms with Crippen LogP contribution in [0.25, 0.3) is 0 Å². The minimum atomic E-state index is -3.30. The number of hydrogen-bond acceptors (Lipinski definition) is 5. The average molecular weight is 567 g/mol. The van der Waals surface area contributed by atoms with Crippen molar-refractivity contribution >= 4 is 34.1 Å². The van der Waals surface area contributed by atoms with Crippen molar-refractivity contribution in [3.8, 4) is 11.5 Å². The molecule has 2 aromatic carbocycles. The smallest absolute Gasteiger partial charge is 0.317 e. The number of benzene rings is 2. The molecule has 0 spiro atoms. The molecular weight excluding hydrogens is 524 g/mol. The maximum Gasteiger partial charge on any atom is 0.317 e. The number of likely N-dealkylation sites (tertiary alicyclic amines) is 1. The minimum absolute atomic E-state index is 0. The number of halogens is 1. The summed E-state index contributed by atoms with van der Waals surface area (Å²) in [4.78, 5) is 17.3. The van der Waals surface area contributed by atoms with E-state index in [1.165, 1.54) is 5.56 Å². The molecular formula is C28H43ClN4O4S. The van der Waals surface area contributed by atoms with Gasteiger partial charge in [0.05, 0.1) is 6.26 Å². The molecule has 10 heteroatoms. The first-order valence-corrected chi connectivity index (χ1v) is 15.3. The quantitative estimate of drug-likeness (QED) is 0.297. The highest BCUT2D eigenvalue weighted by Crippen LogP contribution is 2.25.